The largest absolute Gasteiger partial charge is 0.393 e. The monoisotopic (exact) mass is 553 g/mol. The Morgan fingerprint density at radius 3 is 2.66 bits per heavy atom. The maximum atomic E-state index is 12.3. The second-order valence-corrected chi connectivity index (χ2v) is 11.1. The summed E-state index contributed by atoms with van der Waals surface area (Å²) in [5.74, 6) is -0.358. The van der Waals surface area contributed by atoms with Crippen LogP contribution in [0.25, 0.3) is 38.9 Å². The van der Waals surface area contributed by atoms with Gasteiger partial charge in [-0.15, -0.1) is 0 Å². The molecule has 0 atom stereocenters. The van der Waals surface area contributed by atoms with Gasteiger partial charge in [-0.2, -0.15) is 5.10 Å². The molecule has 0 unspecified atom stereocenters. The second-order valence-electron chi connectivity index (χ2n) is 11.1. The van der Waals surface area contributed by atoms with Crippen LogP contribution in [-0.4, -0.2) is 54.6 Å². The Labute approximate surface area is 238 Å². The fourth-order valence-electron chi connectivity index (χ4n) is 5.80. The number of carbonyl (C=O) groups is 1. The van der Waals surface area contributed by atoms with Gasteiger partial charge in [-0.05, 0) is 73.6 Å². The maximum absolute atomic E-state index is 12.3. The fraction of sp³-hybridized carbons (Fsp3) is 0.355. The summed E-state index contributed by atoms with van der Waals surface area (Å²) in [6.45, 7) is 4.68. The molecule has 41 heavy (non-hydrogen) atoms. The minimum Gasteiger partial charge on any atom is -0.393 e. The molecule has 10 nitrogen and oxygen atoms in total. The van der Waals surface area contributed by atoms with Crippen molar-refractivity contribution in [2.45, 2.75) is 64.3 Å². The van der Waals surface area contributed by atoms with Crippen molar-refractivity contribution in [2.24, 2.45) is 5.73 Å². The minimum atomic E-state index is -0.495. The van der Waals surface area contributed by atoms with E-state index in [0.717, 1.165) is 70.3 Å². The first-order chi connectivity index (χ1) is 19.8. The van der Waals surface area contributed by atoms with Crippen LogP contribution in [0.2, 0.25) is 0 Å². The van der Waals surface area contributed by atoms with E-state index in [2.05, 4.69) is 25.2 Å². The van der Waals surface area contributed by atoms with Crippen LogP contribution >= 0.6 is 0 Å². The number of primary amides is 1. The normalized spacial score (nSPS) is 17.5. The predicted octanol–water partition coefficient (Wildman–Crippen LogP) is 4.98. The number of rotatable bonds is 8. The summed E-state index contributed by atoms with van der Waals surface area (Å²) < 4.78 is 9.10. The molecule has 0 aliphatic heterocycles. The van der Waals surface area contributed by atoms with E-state index in [1.165, 1.54) is 0 Å². The summed E-state index contributed by atoms with van der Waals surface area (Å²) in [7, 11) is 1.67. The Morgan fingerprint density at radius 1 is 1.12 bits per heavy atom. The van der Waals surface area contributed by atoms with Crippen molar-refractivity contribution in [3.63, 3.8) is 0 Å². The standard InChI is InChI=1S/C31H35N7O3/c1-18(2)28-27-24(20-14-19-11-13-37(17-41-3)30(19)34-16-20)10-12-33-31(27)38(36-28)22-6-9-25(29(32)40)26(15-22)35-21-4-7-23(39)8-5-21/h6,9-16,18,21,23,35,39H,4-5,7-8,17H2,1-3H3,(H2,32,40). The Hall–Kier alpha value is -4.28. The third-order valence-electron chi connectivity index (χ3n) is 7.89. The van der Waals surface area contributed by atoms with Gasteiger partial charge in [-0.25, -0.2) is 14.6 Å². The van der Waals surface area contributed by atoms with Gasteiger partial charge in [0.05, 0.1) is 28.4 Å². The summed E-state index contributed by atoms with van der Waals surface area (Å²) in [6, 6.07) is 11.9. The van der Waals surface area contributed by atoms with Crippen molar-refractivity contribution in [3.8, 4) is 16.8 Å². The zero-order chi connectivity index (χ0) is 28.7. The van der Waals surface area contributed by atoms with Gasteiger partial charge in [-0.3, -0.25) is 4.79 Å². The highest BCUT2D eigenvalue weighted by Gasteiger charge is 2.23. The number of nitrogens with one attached hydrogen (secondary N) is 1. The molecule has 4 heterocycles. The number of hydrogen-bond donors (Lipinski definition) is 3. The molecule has 212 valence electrons. The van der Waals surface area contributed by atoms with Crippen LogP contribution in [0.1, 0.15) is 61.5 Å². The molecule has 1 saturated carbocycles. The van der Waals surface area contributed by atoms with Crippen LogP contribution in [-0.2, 0) is 11.5 Å². The van der Waals surface area contributed by atoms with E-state index in [-0.39, 0.29) is 18.1 Å². The van der Waals surface area contributed by atoms with E-state index in [9.17, 15) is 9.90 Å². The quantitative estimate of drug-likeness (QED) is 0.247. The van der Waals surface area contributed by atoms with Crippen LogP contribution in [0.5, 0.6) is 0 Å². The first-order valence-corrected chi connectivity index (χ1v) is 14.0. The summed E-state index contributed by atoms with van der Waals surface area (Å²) >= 11 is 0. The number of aromatic nitrogens is 5. The number of benzene rings is 1. The number of nitrogens with zero attached hydrogens (tertiary/aromatic N) is 5. The summed E-state index contributed by atoms with van der Waals surface area (Å²) in [6.07, 6.45) is 8.50. The smallest absolute Gasteiger partial charge is 0.250 e. The van der Waals surface area contributed by atoms with E-state index in [1.807, 2.05) is 45.9 Å². The van der Waals surface area contributed by atoms with Gasteiger partial charge >= 0.3 is 0 Å². The zero-order valence-corrected chi connectivity index (χ0v) is 23.5. The average molecular weight is 554 g/mol. The molecule has 10 heteroatoms. The number of methoxy groups -OCH3 is 1. The molecule has 1 aromatic carbocycles. The molecule has 0 spiro atoms. The number of ether oxygens (including phenoxy) is 1. The Morgan fingerprint density at radius 2 is 1.93 bits per heavy atom. The molecule has 1 amide bonds. The molecule has 1 aliphatic rings. The van der Waals surface area contributed by atoms with Gasteiger partial charge in [0.2, 0.25) is 0 Å². The number of hydrogen-bond acceptors (Lipinski definition) is 7. The lowest BCUT2D eigenvalue weighted by Crippen LogP contribution is -2.29. The lowest BCUT2D eigenvalue weighted by Gasteiger charge is -2.27. The molecule has 5 aromatic rings. The van der Waals surface area contributed by atoms with Crippen LogP contribution in [0.4, 0.5) is 5.69 Å². The van der Waals surface area contributed by atoms with Crippen molar-refractivity contribution < 1.29 is 14.6 Å². The topological polar surface area (TPSA) is 133 Å². The van der Waals surface area contributed by atoms with Crippen molar-refractivity contribution >= 4 is 33.7 Å². The highest BCUT2D eigenvalue weighted by atomic mass is 16.5. The lowest BCUT2D eigenvalue weighted by atomic mass is 9.92. The van der Waals surface area contributed by atoms with E-state index in [4.69, 9.17) is 25.5 Å². The van der Waals surface area contributed by atoms with Gasteiger partial charge in [0.15, 0.2) is 5.65 Å². The van der Waals surface area contributed by atoms with E-state index < -0.39 is 5.91 Å². The van der Waals surface area contributed by atoms with Crippen molar-refractivity contribution in [2.75, 3.05) is 12.4 Å². The van der Waals surface area contributed by atoms with Crippen molar-refractivity contribution in [1.82, 2.24) is 24.3 Å². The zero-order valence-electron chi connectivity index (χ0n) is 23.5. The molecule has 0 radical (unpaired) electrons. The molecule has 0 bridgehead atoms. The maximum Gasteiger partial charge on any atom is 0.250 e. The van der Waals surface area contributed by atoms with Crippen molar-refractivity contribution in [1.29, 1.82) is 0 Å². The molecule has 4 aromatic heterocycles. The van der Waals surface area contributed by atoms with Gasteiger partial charge in [0.1, 0.15) is 12.4 Å². The Balaban J connectivity index is 1.46. The second kappa shape index (κ2) is 10.9. The number of fused-ring (bicyclic) bond motifs is 2. The summed E-state index contributed by atoms with van der Waals surface area (Å²) in [4.78, 5) is 21.8. The number of aliphatic hydroxyl groups is 1. The average Bonchev–Trinajstić information content (AvgIpc) is 3.56. The molecule has 1 aliphatic carbocycles. The highest BCUT2D eigenvalue weighted by molar-refractivity contribution is 6.00. The molecule has 4 N–H and O–H groups in total. The molecular formula is C31H35N7O3. The molecule has 6 rings (SSSR count). The van der Waals surface area contributed by atoms with Crippen molar-refractivity contribution in [3.05, 3.63) is 66.2 Å². The highest BCUT2D eigenvalue weighted by Crippen LogP contribution is 2.36. The number of carbonyl (C=O) groups excluding carboxylic acids is 1. The first-order valence-electron chi connectivity index (χ1n) is 14.0. The SMILES string of the molecule is COCn1ccc2cc(-c3ccnc4c3c(C(C)C)nn4-c3ccc(C(N)=O)c(NC4CCC(O)CC4)c3)cnc21. The molecule has 1 fully saturated rings. The van der Waals surface area contributed by atoms with Gasteiger partial charge in [0, 0.05) is 48.4 Å². The third-order valence-corrected chi connectivity index (χ3v) is 7.89. The van der Waals surface area contributed by atoms with E-state index in [0.29, 0.717) is 18.0 Å². The van der Waals surface area contributed by atoms with Crippen LogP contribution in [0, 0.1) is 0 Å². The van der Waals surface area contributed by atoms with Gasteiger partial charge < -0.3 is 25.5 Å². The third kappa shape index (κ3) is 5.05. The van der Waals surface area contributed by atoms with E-state index >= 15 is 0 Å². The van der Waals surface area contributed by atoms with Crippen LogP contribution < -0.4 is 11.1 Å². The Kier molecular flexibility index (Phi) is 7.19. The Bertz CT molecular complexity index is 1730. The number of anilines is 1. The van der Waals surface area contributed by atoms with Gasteiger partial charge in [0.25, 0.3) is 5.91 Å². The molecule has 0 saturated heterocycles. The number of amides is 1. The van der Waals surface area contributed by atoms with E-state index in [1.54, 1.807) is 19.4 Å². The number of nitrogens with two attached hydrogens (primary N) is 1. The lowest BCUT2D eigenvalue weighted by molar-refractivity contribution is 0.100. The molecular weight excluding hydrogens is 518 g/mol. The first kappa shape index (κ1) is 26.9. The van der Waals surface area contributed by atoms with Gasteiger partial charge in [-0.1, -0.05) is 13.8 Å². The van der Waals surface area contributed by atoms with Crippen LogP contribution in [0.3, 0.4) is 0 Å². The fourth-order valence-corrected chi connectivity index (χ4v) is 5.80. The van der Waals surface area contributed by atoms with Crippen LogP contribution in [0.15, 0.2) is 55.0 Å². The summed E-state index contributed by atoms with van der Waals surface area (Å²) in [5, 5.41) is 20.5. The predicted molar refractivity (Wildman–Crippen MR) is 159 cm³/mol. The minimum absolute atomic E-state index is 0.136. The number of aliphatic hydroxyl groups excluding tert-OH is 1. The summed E-state index contributed by atoms with van der Waals surface area (Å²) in [5.41, 5.74) is 12.1. The number of pyridine rings is 2.